The molecular weight excluding hydrogens is 196 g/mol. The normalized spacial score (nSPS) is 16.1. The van der Waals surface area contributed by atoms with Gasteiger partial charge in [0.2, 0.25) is 0 Å². The summed E-state index contributed by atoms with van der Waals surface area (Å²) in [5.74, 6) is 1.27. The number of amidine groups is 1. The minimum Gasteiger partial charge on any atom is -0.363 e. The summed E-state index contributed by atoms with van der Waals surface area (Å²) in [5.41, 5.74) is 2.84. The molecule has 0 radical (unpaired) electrons. The van der Waals surface area contributed by atoms with Gasteiger partial charge in [-0.1, -0.05) is 24.3 Å². The standard InChI is InChI=1S/C14H20N2/c1-12-6-3-4-7-13(12)8-9-14-15-10-5-11-16(14)2/h3-4,6-7H,5,8-11H2,1-2H3. The van der Waals surface area contributed by atoms with Gasteiger partial charge in [0.05, 0.1) is 5.84 Å². The number of nitrogens with zero attached hydrogens (tertiary/aromatic N) is 2. The molecule has 0 atom stereocenters. The SMILES string of the molecule is Cc1ccccc1CCC1=NCCCN1C. The Morgan fingerprint density at radius 1 is 1.25 bits per heavy atom. The smallest absolute Gasteiger partial charge is 0.0989 e. The van der Waals surface area contributed by atoms with E-state index in [0.29, 0.717) is 0 Å². The molecule has 1 aliphatic rings. The lowest BCUT2D eigenvalue weighted by atomic mass is 10.0. The lowest BCUT2D eigenvalue weighted by molar-refractivity contribution is 0.455. The van der Waals surface area contributed by atoms with Crippen molar-refractivity contribution in [2.24, 2.45) is 4.99 Å². The third-order valence-electron chi connectivity index (χ3n) is 3.27. The molecule has 0 saturated carbocycles. The molecule has 2 nitrogen and oxygen atoms in total. The van der Waals surface area contributed by atoms with Gasteiger partial charge in [0.1, 0.15) is 0 Å². The van der Waals surface area contributed by atoms with Crippen molar-refractivity contribution < 1.29 is 0 Å². The van der Waals surface area contributed by atoms with Crippen molar-refractivity contribution in [3.8, 4) is 0 Å². The zero-order valence-electron chi connectivity index (χ0n) is 10.2. The predicted octanol–water partition coefficient (Wildman–Crippen LogP) is 2.66. The second kappa shape index (κ2) is 5.15. The average molecular weight is 216 g/mol. The third kappa shape index (κ3) is 2.63. The summed E-state index contributed by atoms with van der Waals surface area (Å²) in [6.07, 6.45) is 3.38. The first-order valence-electron chi connectivity index (χ1n) is 6.06. The first kappa shape index (κ1) is 11.2. The van der Waals surface area contributed by atoms with Crippen LogP contribution in [0.3, 0.4) is 0 Å². The largest absolute Gasteiger partial charge is 0.363 e. The van der Waals surface area contributed by atoms with Gasteiger partial charge >= 0.3 is 0 Å². The molecule has 0 unspecified atom stereocenters. The predicted molar refractivity (Wildman–Crippen MR) is 69.0 cm³/mol. The molecule has 1 aliphatic heterocycles. The van der Waals surface area contributed by atoms with Crippen molar-refractivity contribution in [1.29, 1.82) is 0 Å². The molecule has 0 N–H and O–H groups in total. The molecule has 0 saturated heterocycles. The minimum absolute atomic E-state index is 1.01. The molecule has 2 rings (SSSR count). The Bertz CT molecular complexity index is 382. The van der Waals surface area contributed by atoms with Gasteiger partial charge in [0, 0.05) is 26.6 Å². The first-order valence-corrected chi connectivity index (χ1v) is 6.06. The zero-order valence-corrected chi connectivity index (χ0v) is 10.2. The monoisotopic (exact) mass is 216 g/mol. The van der Waals surface area contributed by atoms with Gasteiger partial charge < -0.3 is 4.90 Å². The molecule has 0 fully saturated rings. The van der Waals surface area contributed by atoms with Gasteiger partial charge in [-0.05, 0) is 30.9 Å². The number of rotatable bonds is 3. The van der Waals surface area contributed by atoms with Crippen LogP contribution in [-0.2, 0) is 6.42 Å². The number of aliphatic imine (C=N–C) groups is 1. The van der Waals surface area contributed by atoms with E-state index in [2.05, 4.69) is 48.1 Å². The molecule has 1 aromatic carbocycles. The first-order chi connectivity index (χ1) is 7.77. The fourth-order valence-electron chi connectivity index (χ4n) is 2.17. The molecule has 1 heterocycles. The third-order valence-corrected chi connectivity index (χ3v) is 3.27. The van der Waals surface area contributed by atoms with Crippen LogP contribution in [0.2, 0.25) is 0 Å². The molecule has 86 valence electrons. The minimum atomic E-state index is 1.01. The molecule has 0 spiro atoms. The summed E-state index contributed by atoms with van der Waals surface area (Å²) < 4.78 is 0. The summed E-state index contributed by atoms with van der Waals surface area (Å²) in [4.78, 5) is 6.89. The summed E-state index contributed by atoms with van der Waals surface area (Å²) in [6.45, 7) is 4.35. The number of hydrogen-bond donors (Lipinski definition) is 0. The van der Waals surface area contributed by atoms with Gasteiger partial charge in [-0.15, -0.1) is 0 Å². The molecule has 0 bridgehead atoms. The van der Waals surface area contributed by atoms with Gasteiger partial charge in [0.15, 0.2) is 0 Å². The summed E-state index contributed by atoms with van der Waals surface area (Å²) in [7, 11) is 2.15. The lowest BCUT2D eigenvalue weighted by Crippen LogP contribution is -2.32. The lowest BCUT2D eigenvalue weighted by Gasteiger charge is -2.25. The summed E-state index contributed by atoms with van der Waals surface area (Å²) in [6, 6.07) is 8.62. The Kier molecular flexibility index (Phi) is 3.60. The maximum Gasteiger partial charge on any atom is 0.0989 e. The van der Waals surface area contributed by atoms with Crippen LogP contribution in [0.1, 0.15) is 24.0 Å². The van der Waals surface area contributed by atoms with Crippen LogP contribution < -0.4 is 0 Å². The molecule has 0 aliphatic carbocycles. The van der Waals surface area contributed by atoms with Crippen LogP contribution in [0.15, 0.2) is 29.3 Å². The van der Waals surface area contributed by atoms with Gasteiger partial charge in [-0.25, -0.2) is 0 Å². The van der Waals surface area contributed by atoms with Crippen LogP contribution in [0.5, 0.6) is 0 Å². The highest BCUT2D eigenvalue weighted by atomic mass is 15.2. The Balaban J connectivity index is 1.97. The quantitative estimate of drug-likeness (QED) is 0.758. The van der Waals surface area contributed by atoms with Crippen LogP contribution in [0.25, 0.3) is 0 Å². The second-order valence-corrected chi connectivity index (χ2v) is 4.50. The van der Waals surface area contributed by atoms with Gasteiger partial charge in [0.25, 0.3) is 0 Å². The van der Waals surface area contributed by atoms with Crippen molar-refractivity contribution in [1.82, 2.24) is 4.90 Å². The van der Waals surface area contributed by atoms with E-state index < -0.39 is 0 Å². The maximum absolute atomic E-state index is 4.60. The second-order valence-electron chi connectivity index (χ2n) is 4.50. The Morgan fingerprint density at radius 2 is 2.06 bits per heavy atom. The van der Waals surface area contributed by atoms with E-state index >= 15 is 0 Å². The van der Waals surface area contributed by atoms with E-state index in [9.17, 15) is 0 Å². The number of benzene rings is 1. The molecule has 2 heteroatoms. The Morgan fingerprint density at radius 3 is 2.81 bits per heavy atom. The molecule has 16 heavy (non-hydrogen) atoms. The maximum atomic E-state index is 4.60. The highest BCUT2D eigenvalue weighted by Crippen LogP contribution is 2.12. The van der Waals surface area contributed by atoms with E-state index in [1.54, 1.807) is 0 Å². The van der Waals surface area contributed by atoms with Crippen molar-refractivity contribution in [2.75, 3.05) is 20.1 Å². The number of hydrogen-bond acceptors (Lipinski definition) is 2. The van der Waals surface area contributed by atoms with Crippen LogP contribution >= 0.6 is 0 Å². The number of aryl methyl sites for hydroxylation is 2. The Hall–Kier alpha value is -1.31. The molecule has 0 aromatic heterocycles. The van der Waals surface area contributed by atoms with Crippen LogP contribution in [-0.4, -0.2) is 30.9 Å². The van der Waals surface area contributed by atoms with Crippen molar-refractivity contribution >= 4 is 5.84 Å². The van der Waals surface area contributed by atoms with E-state index in [0.717, 1.165) is 25.9 Å². The van der Waals surface area contributed by atoms with E-state index in [1.165, 1.54) is 23.4 Å². The van der Waals surface area contributed by atoms with Crippen LogP contribution in [0, 0.1) is 6.92 Å². The Labute approximate surface area is 98.0 Å². The fraction of sp³-hybridized carbons (Fsp3) is 0.500. The van der Waals surface area contributed by atoms with E-state index in [-0.39, 0.29) is 0 Å². The highest BCUT2D eigenvalue weighted by Gasteiger charge is 2.10. The molecule has 0 amide bonds. The average Bonchev–Trinajstić information content (AvgIpc) is 2.30. The fourth-order valence-corrected chi connectivity index (χ4v) is 2.17. The van der Waals surface area contributed by atoms with Crippen molar-refractivity contribution in [3.63, 3.8) is 0 Å². The van der Waals surface area contributed by atoms with Gasteiger partial charge in [-0.2, -0.15) is 0 Å². The van der Waals surface area contributed by atoms with E-state index in [1.807, 2.05) is 0 Å². The van der Waals surface area contributed by atoms with Crippen LogP contribution in [0.4, 0.5) is 0 Å². The van der Waals surface area contributed by atoms with Gasteiger partial charge in [-0.3, -0.25) is 4.99 Å². The highest BCUT2D eigenvalue weighted by molar-refractivity contribution is 5.82. The van der Waals surface area contributed by atoms with E-state index in [4.69, 9.17) is 0 Å². The summed E-state index contributed by atoms with van der Waals surface area (Å²) >= 11 is 0. The topological polar surface area (TPSA) is 15.6 Å². The summed E-state index contributed by atoms with van der Waals surface area (Å²) in [5, 5.41) is 0. The molecule has 1 aromatic rings. The zero-order chi connectivity index (χ0) is 11.4. The molecular formula is C14H20N2. The van der Waals surface area contributed by atoms with Crippen molar-refractivity contribution in [3.05, 3.63) is 35.4 Å². The van der Waals surface area contributed by atoms with Crippen molar-refractivity contribution in [2.45, 2.75) is 26.2 Å².